The van der Waals surface area contributed by atoms with Gasteiger partial charge in [0.2, 0.25) is 0 Å². The van der Waals surface area contributed by atoms with Gasteiger partial charge >= 0.3 is 11.9 Å². The Kier molecular flexibility index (Phi) is 5.85. The lowest BCUT2D eigenvalue weighted by atomic mass is 10.1. The zero-order valence-electron chi connectivity index (χ0n) is 10.4. The van der Waals surface area contributed by atoms with E-state index in [1.165, 1.54) is 0 Å². The number of alkyl halides is 1. The average Bonchev–Trinajstić information content (AvgIpc) is 2.38. The number of rotatable bonds is 5. The van der Waals surface area contributed by atoms with Crippen LogP contribution in [0.3, 0.4) is 0 Å². The van der Waals surface area contributed by atoms with Crippen molar-refractivity contribution in [2.24, 2.45) is 0 Å². The van der Waals surface area contributed by atoms with Crippen molar-refractivity contribution in [3.63, 3.8) is 0 Å². The van der Waals surface area contributed by atoms with Crippen LogP contribution in [0.4, 0.5) is 0 Å². The summed E-state index contributed by atoms with van der Waals surface area (Å²) < 4.78 is 9.85. The molecule has 0 bridgehead atoms. The topological polar surface area (TPSA) is 52.6 Å². The molecule has 0 saturated carbocycles. The van der Waals surface area contributed by atoms with Crippen LogP contribution in [0.2, 0.25) is 0 Å². The number of ether oxygens (including phenoxy) is 2. The minimum Gasteiger partial charge on any atom is -0.462 e. The van der Waals surface area contributed by atoms with Crippen LogP contribution in [-0.2, 0) is 14.8 Å². The van der Waals surface area contributed by atoms with Crippen LogP contribution < -0.4 is 0 Å². The Balaban J connectivity index is 3.03. The second kappa shape index (κ2) is 7.16. The van der Waals surface area contributed by atoms with Gasteiger partial charge in [0.15, 0.2) is 0 Å². The summed E-state index contributed by atoms with van der Waals surface area (Å²) in [6.07, 6.45) is 0. The summed E-state index contributed by atoms with van der Waals surface area (Å²) in [5.74, 6) is -0.780. The maximum Gasteiger partial charge on any atom is 0.338 e. The number of hydrogen-bond acceptors (Lipinski definition) is 4. The predicted octanol–water partition coefficient (Wildman–Crippen LogP) is 2.93. The first kappa shape index (κ1) is 14.7. The molecule has 18 heavy (non-hydrogen) atoms. The van der Waals surface area contributed by atoms with Crippen LogP contribution in [-0.4, -0.2) is 25.2 Å². The van der Waals surface area contributed by atoms with Gasteiger partial charge in [-0.25, -0.2) is 9.59 Å². The van der Waals surface area contributed by atoms with Crippen LogP contribution in [0.15, 0.2) is 18.2 Å². The van der Waals surface area contributed by atoms with Gasteiger partial charge in [0.1, 0.15) is 0 Å². The Bertz CT molecular complexity index is 443. The van der Waals surface area contributed by atoms with Gasteiger partial charge in [-0.2, -0.15) is 0 Å². The molecule has 0 aromatic heterocycles. The fourth-order valence-electron chi connectivity index (χ4n) is 1.45. The van der Waals surface area contributed by atoms with Crippen LogP contribution >= 0.6 is 15.9 Å². The highest BCUT2D eigenvalue weighted by Gasteiger charge is 2.15. The van der Waals surface area contributed by atoms with Crippen molar-refractivity contribution < 1.29 is 19.1 Å². The van der Waals surface area contributed by atoms with Crippen LogP contribution in [0.5, 0.6) is 0 Å². The molecule has 1 aromatic carbocycles. The van der Waals surface area contributed by atoms with Crippen LogP contribution in [0.25, 0.3) is 0 Å². The Morgan fingerprint density at radius 1 is 1.11 bits per heavy atom. The lowest BCUT2D eigenvalue weighted by Gasteiger charge is -2.08. The Hall–Kier alpha value is -1.36. The van der Waals surface area contributed by atoms with Crippen LogP contribution in [0.1, 0.15) is 40.1 Å². The Labute approximate surface area is 114 Å². The van der Waals surface area contributed by atoms with Gasteiger partial charge in [-0.1, -0.05) is 15.9 Å². The van der Waals surface area contributed by atoms with E-state index in [0.29, 0.717) is 35.2 Å². The largest absolute Gasteiger partial charge is 0.462 e. The van der Waals surface area contributed by atoms with Crippen molar-refractivity contribution in [2.45, 2.75) is 19.2 Å². The normalized spacial score (nSPS) is 9.94. The Morgan fingerprint density at radius 3 is 2.28 bits per heavy atom. The van der Waals surface area contributed by atoms with Gasteiger partial charge in [-0.15, -0.1) is 0 Å². The molecule has 4 nitrogen and oxygen atoms in total. The predicted molar refractivity (Wildman–Crippen MR) is 71.0 cm³/mol. The van der Waals surface area contributed by atoms with E-state index >= 15 is 0 Å². The van der Waals surface area contributed by atoms with E-state index in [0.717, 1.165) is 0 Å². The number of carbonyl (C=O) groups excluding carboxylic acids is 2. The van der Waals surface area contributed by atoms with Gasteiger partial charge in [-0.3, -0.25) is 0 Å². The van der Waals surface area contributed by atoms with E-state index in [1.807, 2.05) is 0 Å². The van der Waals surface area contributed by atoms with Crippen molar-refractivity contribution in [3.05, 3.63) is 34.9 Å². The van der Waals surface area contributed by atoms with Gasteiger partial charge in [0.25, 0.3) is 0 Å². The fourth-order valence-corrected chi connectivity index (χ4v) is 1.92. The maximum atomic E-state index is 11.7. The van der Waals surface area contributed by atoms with E-state index in [-0.39, 0.29) is 5.97 Å². The van der Waals surface area contributed by atoms with Crippen molar-refractivity contribution in [1.29, 1.82) is 0 Å². The van der Waals surface area contributed by atoms with Crippen molar-refractivity contribution in [3.8, 4) is 0 Å². The molecule has 0 N–H and O–H groups in total. The monoisotopic (exact) mass is 314 g/mol. The number of benzene rings is 1. The molecule has 0 spiro atoms. The summed E-state index contributed by atoms with van der Waals surface area (Å²) in [6.45, 7) is 4.14. The Morgan fingerprint density at radius 2 is 1.72 bits per heavy atom. The van der Waals surface area contributed by atoms with Gasteiger partial charge in [-0.05, 0) is 37.6 Å². The lowest BCUT2D eigenvalue weighted by Crippen LogP contribution is -2.10. The third-order valence-corrected chi connectivity index (χ3v) is 2.86. The summed E-state index contributed by atoms with van der Waals surface area (Å²) in [7, 11) is 0. The SMILES string of the molecule is CCOC(=O)c1ccc(C(=O)OCC)c(CBr)c1. The molecule has 1 rings (SSSR count). The summed E-state index contributed by atoms with van der Waals surface area (Å²) >= 11 is 3.29. The fraction of sp³-hybridized carbons (Fsp3) is 0.385. The molecule has 98 valence electrons. The maximum absolute atomic E-state index is 11.7. The number of esters is 2. The van der Waals surface area contributed by atoms with E-state index in [9.17, 15) is 9.59 Å². The third kappa shape index (κ3) is 3.57. The van der Waals surface area contributed by atoms with Gasteiger partial charge in [0, 0.05) is 5.33 Å². The standard InChI is InChI=1S/C13H15BrO4/c1-3-17-12(15)9-5-6-11(10(7-9)8-14)13(16)18-4-2/h5-7H,3-4,8H2,1-2H3. The molecule has 0 saturated heterocycles. The second-order valence-electron chi connectivity index (χ2n) is 3.45. The minimum atomic E-state index is -0.393. The number of hydrogen-bond donors (Lipinski definition) is 0. The summed E-state index contributed by atoms with van der Waals surface area (Å²) in [5, 5.41) is 0.467. The molecule has 0 unspecified atom stereocenters. The molecule has 0 aliphatic rings. The molecule has 0 aliphatic carbocycles. The van der Waals surface area contributed by atoms with Crippen molar-refractivity contribution in [2.75, 3.05) is 13.2 Å². The molecule has 0 aliphatic heterocycles. The first-order chi connectivity index (χ1) is 8.63. The quantitative estimate of drug-likeness (QED) is 0.619. The first-order valence-electron chi connectivity index (χ1n) is 5.67. The third-order valence-electron chi connectivity index (χ3n) is 2.26. The lowest BCUT2D eigenvalue weighted by molar-refractivity contribution is 0.0510. The van der Waals surface area contributed by atoms with E-state index in [2.05, 4.69) is 15.9 Å². The number of halogens is 1. The number of carbonyl (C=O) groups is 2. The molecular formula is C13H15BrO4. The van der Waals surface area contributed by atoms with E-state index in [1.54, 1.807) is 32.0 Å². The van der Waals surface area contributed by atoms with Gasteiger partial charge < -0.3 is 9.47 Å². The zero-order chi connectivity index (χ0) is 13.5. The molecule has 0 amide bonds. The molecule has 0 heterocycles. The van der Waals surface area contributed by atoms with Gasteiger partial charge in [0.05, 0.1) is 24.3 Å². The van der Waals surface area contributed by atoms with Crippen molar-refractivity contribution >= 4 is 27.9 Å². The molecule has 0 fully saturated rings. The molecule has 0 radical (unpaired) electrons. The average molecular weight is 315 g/mol. The van der Waals surface area contributed by atoms with Crippen molar-refractivity contribution in [1.82, 2.24) is 0 Å². The molecular weight excluding hydrogens is 300 g/mol. The minimum absolute atomic E-state index is 0.320. The second-order valence-corrected chi connectivity index (χ2v) is 4.01. The van der Waals surface area contributed by atoms with Crippen LogP contribution in [0, 0.1) is 0 Å². The summed E-state index contributed by atoms with van der Waals surface area (Å²) in [5.41, 5.74) is 1.60. The summed E-state index contributed by atoms with van der Waals surface area (Å²) in [6, 6.07) is 4.79. The highest BCUT2D eigenvalue weighted by molar-refractivity contribution is 9.08. The first-order valence-corrected chi connectivity index (χ1v) is 6.79. The summed E-state index contributed by atoms with van der Waals surface area (Å²) in [4.78, 5) is 23.2. The highest BCUT2D eigenvalue weighted by atomic mass is 79.9. The zero-order valence-corrected chi connectivity index (χ0v) is 12.0. The molecule has 0 atom stereocenters. The highest BCUT2D eigenvalue weighted by Crippen LogP contribution is 2.17. The smallest absolute Gasteiger partial charge is 0.338 e. The molecule has 1 aromatic rings. The van der Waals surface area contributed by atoms with E-state index in [4.69, 9.17) is 9.47 Å². The molecule has 5 heteroatoms. The van der Waals surface area contributed by atoms with E-state index < -0.39 is 5.97 Å².